The molecule has 0 radical (unpaired) electrons. The fourth-order valence-electron chi connectivity index (χ4n) is 4.04. The molecule has 27 heavy (non-hydrogen) atoms. The molecule has 6 heteroatoms. The first kappa shape index (κ1) is 19.9. The van der Waals surface area contributed by atoms with Gasteiger partial charge in [0, 0.05) is 46.0 Å². The van der Waals surface area contributed by atoms with Crippen molar-refractivity contribution in [2.24, 2.45) is 4.99 Å². The summed E-state index contributed by atoms with van der Waals surface area (Å²) < 4.78 is 0. The zero-order valence-corrected chi connectivity index (χ0v) is 16.9. The first-order valence-corrected chi connectivity index (χ1v) is 10.7. The standard InChI is InChI=1S/C21H36N6/c1-22-21(24-12-5-2-7-13-25-14-8-3-9-15-25)27-18-16-26(17-19-27)20-10-4-6-11-23-20/h4,6,10-11H,2-3,5,7-9,12-19H2,1H3,(H,22,24). The third-order valence-corrected chi connectivity index (χ3v) is 5.65. The van der Waals surface area contributed by atoms with Crippen molar-refractivity contribution in [3.8, 4) is 0 Å². The highest BCUT2D eigenvalue weighted by Crippen LogP contribution is 2.13. The fraction of sp³-hybridized carbons (Fsp3) is 0.714. The number of unbranched alkanes of at least 4 members (excludes halogenated alkanes) is 2. The average molecular weight is 373 g/mol. The number of guanidine groups is 1. The van der Waals surface area contributed by atoms with Crippen molar-refractivity contribution in [1.82, 2.24) is 20.1 Å². The molecular formula is C21H36N6. The van der Waals surface area contributed by atoms with Crippen LogP contribution in [0.3, 0.4) is 0 Å². The molecule has 2 fully saturated rings. The van der Waals surface area contributed by atoms with Gasteiger partial charge in [0.1, 0.15) is 5.82 Å². The third-order valence-electron chi connectivity index (χ3n) is 5.65. The summed E-state index contributed by atoms with van der Waals surface area (Å²) in [4.78, 5) is 16.3. The molecule has 0 aromatic carbocycles. The van der Waals surface area contributed by atoms with E-state index < -0.39 is 0 Å². The van der Waals surface area contributed by atoms with Gasteiger partial charge >= 0.3 is 0 Å². The van der Waals surface area contributed by atoms with Crippen LogP contribution in [0.5, 0.6) is 0 Å². The van der Waals surface area contributed by atoms with Crippen LogP contribution in [-0.2, 0) is 0 Å². The molecule has 0 aliphatic carbocycles. The van der Waals surface area contributed by atoms with E-state index in [1.807, 2.05) is 19.3 Å². The molecule has 0 unspecified atom stereocenters. The van der Waals surface area contributed by atoms with Crippen molar-refractivity contribution in [2.75, 3.05) is 64.3 Å². The van der Waals surface area contributed by atoms with Gasteiger partial charge in [0.05, 0.1) is 0 Å². The predicted octanol–water partition coefficient (Wildman–Crippen LogP) is 2.44. The Morgan fingerprint density at radius 3 is 2.52 bits per heavy atom. The molecule has 0 atom stereocenters. The van der Waals surface area contributed by atoms with E-state index in [2.05, 4.69) is 42.1 Å². The number of pyridine rings is 1. The van der Waals surface area contributed by atoms with Crippen LogP contribution < -0.4 is 10.2 Å². The molecule has 2 aliphatic rings. The SMILES string of the molecule is CN=C(NCCCCCN1CCCCC1)N1CCN(c2ccccn2)CC1. The summed E-state index contributed by atoms with van der Waals surface area (Å²) in [5, 5.41) is 3.56. The zero-order valence-electron chi connectivity index (χ0n) is 16.9. The minimum atomic E-state index is 0.991. The molecule has 3 rings (SSSR count). The second-order valence-electron chi connectivity index (χ2n) is 7.60. The summed E-state index contributed by atoms with van der Waals surface area (Å²) in [7, 11) is 1.89. The topological polar surface area (TPSA) is 47.0 Å². The number of aliphatic imine (C=N–C) groups is 1. The van der Waals surface area contributed by atoms with Gasteiger partial charge in [-0.2, -0.15) is 0 Å². The lowest BCUT2D eigenvalue weighted by atomic mass is 10.1. The van der Waals surface area contributed by atoms with E-state index in [-0.39, 0.29) is 0 Å². The number of hydrogen-bond acceptors (Lipinski definition) is 4. The van der Waals surface area contributed by atoms with Crippen molar-refractivity contribution in [3.63, 3.8) is 0 Å². The van der Waals surface area contributed by atoms with Crippen LogP contribution in [0.4, 0.5) is 5.82 Å². The minimum Gasteiger partial charge on any atom is -0.356 e. The van der Waals surface area contributed by atoms with E-state index in [4.69, 9.17) is 0 Å². The number of rotatable bonds is 7. The largest absolute Gasteiger partial charge is 0.356 e. The Balaban J connectivity index is 1.29. The second-order valence-corrected chi connectivity index (χ2v) is 7.60. The first-order chi connectivity index (χ1) is 13.4. The highest BCUT2D eigenvalue weighted by Gasteiger charge is 2.20. The number of hydrogen-bond donors (Lipinski definition) is 1. The lowest BCUT2D eigenvalue weighted by Gasteiger charge is -2.37. The molecule has 1 aromatic rings. The molecule has 6 nitrogen and oxygen atoms in total. The van der Waals surface area contributed by atoms with Gasteiger partial charge in [-0.3, -0.25) is 4.99 Å². The molecular weight excluding hydrogens is 336 g/mol. The smallest absolute Gasteiger partial charge is 0.193 e. The maximum Gasteiger partial charge on any atom is 0.193 e. The number of likely N-dealkylation sites (tertiary alicyclic amines) is 1. The van der Waals surface area contributed by atoms with Crippen LogP contribution in [0.25, 0.3) is 0 Å². The molecule has 150 valence electrons. The summed E-state index contributed by atoms with van der Waals surface area (Å²) in [6, 6.07) is 6.12. The van der Waals surface area contributed by atoms with Gasteiger partial charge in [0.2, 0.25) is 0 Å². The monoisotopic (exact) mass is 372 g/mol. The normalized spacial score (nSPS) is 19.4. The maximum atomic E-state index is 4.49. The summed E-state index contributed by atoms with van der Waals surface area (Å²) in [5.74, 6) is 2.13. The number of anilines is 1. The lowest BCUT2D eigenvalue weighted by molar-refractivity contribution is 0.224. The fourth-order valence-corrected chi connectivity index (χ4v) is 4.04. The van der Waals surface area contributed by atoms with Crippen molar-refractivity contribution >= 4 is 11.8 Å². The zero-order chi connectivity index (χ0) is 18.7. The molecule has 1 aromatic heterocycles. The van der Waals surface area contributed by atoms with Crippen LogP contribution >= 0.6 is 0 Å². The molecule has 1 N–H and O–H groups in total. The molecule has 3 heterocycles. The molecule has 0 spiro atoms. The van der Waals surface area contributed by atoms with Gasteiger partial charge in [-0.05, 0) is 57.5 Å². The quantitative estimate of drug-likeness (QED) is 0.453. The van der Waals surface area contributed by atoms with Gasteiger partial charge < -0.3 is 20.0 Å². The molecule has 0 bridgehead atoms. The van der Waals surface area contributed by atoms with Gasteiger partial charge in [-0.15, -0.1) is 0 Å². The van der Waals surface area contributed by atoms with Gasteiger partial charge in [0.15, 0.2) is 5.96 Å². The average Bonchev–Trinajstić information content (AvgIpc) is 2.75. The number of piperazine rings is 1. The summed E-state index contributed by atoms with van der Waals surface area (Å²) in [5.41, 5.74) is 0. The Hall–Kier alpha value is -1.82. The molecule has 2 saturated heterocycles. The van der Waals surface area contributed by atoms with E-state index in [1.165, 1.54) is 58.2 Å². The Kier molecular flexibility index (Phi) is 8.21. The first-order valence-electron chi connectivity index (χ1n) is 10.7. The van der Waals surface area contributed by atoms with Crippen molar-refractivity contribution in [2.45, 2.75) is 38.5 Å². The van der Waals surface area contributed by atoms with E-state index in [1.54, 1.807) is 0 Å². The van der Waals surface area contributed by atoms with Crippen LogP contribution in [-0.4, -0.2) is 80.1 Å². The maximum absolute atomic E-state index is 4.49. The summed E-state index contributed by atoms with van der Waals surface area (Å²) >= 11 is 0. The Morgan fingerprint density at radius 2 is 1.81 bits per heavy atom. The second kappa shape index (κ2) is 11.1. The number of nitrogens with zero attached hydrogens (tertiary/aromatic N) is 5. The number of piperidine rings is 1. The van der Waals surface area contributed by atoms with Crippen molar-refractivity contribution in [1.29, 1.82) is 0 Å². The lowest BCUT2D eigenvalue weighted by Crippen LogP contribution is -2.52. The van der Waals surface area contributed by atoms with E-state index in [9.17, 15) is 0 Å². The van der Waals surface area contributed by atoms with Gasteiger partial charge in [-0.25, -0.2) is 4.98 Å². The van der Waals surface area contributed by atoms with Gasteiger partial charge in [0.25, 0.3) is 0 Å². The molecule has 0 amide bonds. The number of nitrogens with one attached hydrogen (secondary N) is 1. The van der Waals surface area contributed by atoms with E-state index in [0.717, 1.165) is 44.5 Å². The third kappa shape index (κ3) is 6.38. The Labute approximate surface area is 164 Å². The van der Waals surface area contributed by atoms with Crippen LogP contribution in [0.2, 0.25) is 0 Å². The Morgan fingerprint density at radius 1 is 1.00 bits per heavy atom. The highest BCUT2D eigenvalue weighted by molar-refractivity contribution is 5.80. The van der Waals surface area contributed by atoms with Crippen LogP contribution in [0.1, 0.15) is 38.5 Å². The van der Waals surface area contributed by atoms with Crippen LogP contribution in [0, 0.1) is 0 Å². The number of aromatic nitrogens is 1. The predicted molar refractivity (Wildman–Crippen MR) is 114 cm³/mol. The van der Waals surface area contributed by atoms with Crippen molar-refractivity contribution in [3.05, 3.63) is 24.4 Å². The summed E-state index contributed by atoms with van der Waals surface area (Å²) in [6.07, 6.45) is 9.93. The summed E-state index contributed by atoms with van der Waals surface area (Å²) in [6.45, 7) is 8.90. The Bertz CT molecular complexity index is 547. The van der Waals surface area contributed by atoms with Crippen LogP contribution in [0.15, 0.2) is 29.4 Å². The highest BCUT2D eigenvalue weighted by atomic mass is 15.4. The molecule has 0 saturated carbocycles. The van der Waals surface area contributed by atoms with E-state index >= 15 is 0 Å². The van der Waals surface area contributed by atoms with Crippen molar-refractivity contribution < 1.29 is 0 Å². The minimum absolute atomic E-state index is 0.991. The molecule has 2 aliphatic heterocycles. The van der Waals surface area contributed by atoms with E-state index in [0.29, 0.717) is 0 Å². The van der Waals surface area contributed by atoms with Gasteiger partial charge in [-0.1, -0.05) is 18.9 Å².